The van der Waals surface area contributed by atoms with E-state index in [-0.39, 0.29) is 13.0 Å². The van der Waals surface area contributed by atoms with Crippen LogP contribution in [-0.4, -0.2) is 41.0 Å². The molecule has 0 spiro atoms. The van der Waals surface area contributed by atoms with Crippen molar-refractivity contribution in [3.63, 3.8) is 0 Å². The van der Waals surface area contributed by atoms with E-state index < -0.39 is 29.5 Å². The Morgan fingerprint density at radius 2 is 1.78 bits per heavy atom. The topological polar surface area (TPSA) is 66.9 Å². The van der Waals surface area contributed by atoms with E-state index in [1.807, 2.05) is 26.8 Å². The molecule has 1 aromatic carbocycles. The summed E-state index contributed by atoms with van der Waals surface area (Å²) in [6.45, 7) is 7.46. The second-order valence-electron chi connectivity index (χ2n) is 6.36. The average Bonchev–Trinajstić information content (AvgIpc) is 2.71. The van der Waals surface area contributed by atoms with E-state index in [4.69, 9.17) is 4.74 Å². The number of rotatable bonds is 4. The van der Waals surface area contributed by atoms with Gasteiger partial charge in [0.05, 0.1) is 18.7 Å². The monoisotopic (exact) mass is 318 g/mol. The summed E-state index contributed by atoms with van der Waals surface area (Å²) in [5, 5.41) is 0. The number of carbonyl (C=O) groups excluding carboxylic acids is 3. The minimum atomic E-state index is -0.846. The van der Waals surface area contributed by atoms with Crippen molar-refractivity contribution in [2.45, 2.75) is 45.7 Å². The molecule has 1 atom stereocenters. The summed E-state index contributed by atoms with van der Waals surface area (Å²) in [5.41, 5.74) is -0.0870. The molecule has 2 rings (SSSR count). The lowest BCUT2D eigenvalue weighted by Gasteiger charge is -2.34. The van der Waals surface area contributed by atoms with Crippen LogP contribution in [0.2, 0.25) is 0 Å². The number of carbonyl (C=O) groups is 3. The SMILES string of the molecule is CCOC(=O)CC1C(=O)N(c2ccccc2)C(=O)N1C(C)(C)C. The smallest absolute Gasteiger partial charge is 0.332 e. The first-order chi connectivity index (χ1) is 10.8. The van der Waals surface area contributed by atoms with Crippen LogP contribution in [0.3, 0.4) is 0 Å². The molecule has 6 heteroatoms. The molecule has 1 heterocycles. The Morgan fingerprint density at radius 1 is 1.17 bits per heavy atom. The molecule has 0 N–H and O–H groups in total. The van der Waals surface area contributed by atoms with Gasteiger partial charge in [0, 0.05) is 5.54 Å². The van der Waals surface area contributed by atoms with E-state index in [9.17, 15) is 14.4 Å². The lowest BCUT2D eigenvalue weighted by Crippen LogP contribution is -2.49. The fraction of sp³-hybridized carbons (Fsp3) is 0.471. The van der Waals surface area contributed by atoms with Crippen molar-refractivity contribution in [3.05, 3.63) is 30.3 Å². The van der Waals surface area contributed by atoms with Crippen molar-refractivity contribution in [1.82, 2.24) is 4.90 Å². The van der Waals surface area contributed by atoms with Gasteiger partial charge >= 0.3 is 12.0 Å². The van der Waals surface area contributed by atoms with Gasteiger partial charge in [0.25, 0.3) is 5.91 Å². The highest BCUT2D eigenvalue weighted by Crippen LogP contribution is 2.32. The molecule has 1 aliphatic rings. The molecule has 1 unspecified atom stereocenters. The van der Waals surface area contributed by atoms with Crippen LogP contribution in [0.4, 0.5) is 10.5 Å². The molecule has 124 valence electrons. The fourth-order valence-electron chi connectivity index (χ4n) is 2.72. The number of benzene rings is 1. The summed E-state index contributed by atoms with van der Waals surface area (Å²) >= 11 is 0. The van der Waals surface area contributed by atoms with Gasteiger partial charge in [-0.3, -0.25) is 9.59 Å². The fourth-order valence-corrected chi connectivity index (χ4v) is 2.72. The third-order valence-electron chi connectivity index (χ3n) is 3.62. The number of esters is 1. The average molecular weight is 318 g/mol. The Balaban J connectivity index is 2.37. The predicted octanol–water partition coefficient (Wildman–Crippen LogP) is 2.58. The number of hydrogen-bond donors (Lipinski definition) is 0. The predicted molar refractivity (Wildman–Crippen MR) is 86.0 cm³/mol. The largest absolute Gasteiger partial charge is 0.466 e. The van der Waals surface area contributed by atoms with Gasteiger partial charge in [0.15, 0.2) is 0 Å². The van der Waals surface area contributed by atoms with Crippen LogP contribution in [0.25, 0.3) is 0 Å². The number of amides is 3. The van der Waals surface area contributed by atoms with Crippen molar-refractivity contribution in [2.75, 3.05) is 11.5 Å². The molecule has 23 heavy (non-hydrogen) atoms. The van der Waals surface area contributed by atoms with E-state index in [1.54, 1.807) is 31.2 Å². The summed E-state index contributed by atoms with van der Waals surface area (Å²) < 4.78 is 4.94. The standard InChI is InChI=1S/C17H22N2O4/c1-5-23-14(20)11-13-15(21)18(12-9-7-6-8-10-12)16(22)19(13)17(2,3)4/h6-10,13H,5,11H2,1-4H3. The molecule has 0 saturated carbocycles. The van der Waals surface area contributed by atoms with Crippen LogP contribution in [0.15, 0.2) is 30.3 Å². The first kappa shape index (κ1) is 17.0. The van der Waals surface area contributed by atoms with Gasteiger partial charge in [0.2, 0.25) is 0 Å². The van der Waals surface area contributed by atoms with Gasteiger partial charge in [0.1, 0.15) is 6.04 Å². The Morgan fingerprint density at radius 3 is 2.30 bits per heavy atom. The van der Waals surface area contributed by atoms with Gasteiger partial charge in [-0.2, -0.15) is 0 Å². The molecular weight excluding hydrogens is 296 g/mol. The third kappa shape index (κ3) is 3.36. The minimum absolute atomic E-state index is 0.140. The van der Waals surface area contributed by atoms with Crippen molar-refractivity contribution in [1.29, 1.82) is 0 Å². The van der Waals surface area contributed by atoms with Gasteiger partial charge in [-0.15, -0.1) is 0 Å². The van der Waals surface area contributed by atoms with Crippen molar-refractivity contribution >= 4 is 23.6 Å². The maximum Gasteiger partial charge on any atom is 0.332 e. The van der Waals surface area contributed by atoms with Crippen LogP contribution in [-0.2, 0) is 14.3 Å². The van der Waals surface area contributed by atoms with Crippen molar-refractivity contribution in [2.24, 2.45) is 0 Å². The number of nitrogens with zero attached hydrogens (tertiary/aromatic N) is 2. The zero-order valence-corrected chi connectivity index (χ0v) is 13.9. The van der Waals surface area contributed by atoms with Gasteiger partial charge < -0.3 is 9.64 Å². The molecule has 6 nitrogen and oxygen atoms in total. The molecule has 1 aliphatic heterocycles. The first-order valence-electron chi connectivity index (χ1n) is 7.65. The number of para-hydroxylation sites is 1. The van der Waals surface area contributed by atoms with Crippen LogP contribution in [0, 0.1) is 0 Å². The van der Waals surface area contributed by atoms with Crippen LogP contribution < -0.4 is 4.90 Å². The van der Waals surface area contributed by atoms with Gasteiger partial charge in [-0.05, 0) is 39.8 Å². The molecule has 0 aliphatic carbocycles. The molecule has 1 saturated heterocycles. The van der Waals surface area contributed by atoms with Crippen LogP contribution >= 0.6 is 0 Å². The molecular formula is C17H22N2O4. The second kappa shape index (κ2) is 6.40. The Bertz CT molecular complexity index is 607. The summed E-state index contributed by atoms with van der Waals surface area (Å²) in [6, 6.07) is 7.47. The number of urea groups is 1. The van der Waals surface area contributed by atoms with E-state index in [2.05, 4.69) is 0 Å². The highest BCUT2D eigenvalue weighted by atomic mass is 16.5. The Kier molecular flexibility index (Phi) is 4.73. The normalized spacial score (nSPS) is 18.5. The van der Waals surface area contributed by atoms with Crippen molar-refractivity contribution < 1.29 is 19.1 Å². The molecule has 0 bridgehead atoms. The van der Waals surface area contributed by atoms with E-state index >= 15 is 0 Å². The highest BCUT2D eigenvalue weighted by Gasteiger charge is 2.50. The third-order valence-corrected chi connectivity index (χ3v) is 3.62. The number of hydrogen-bond acceptors (Lipinski definition) is 4. The van der Waals surface area contributed by atoms with Gasteiger partial charge in [-0.25, -0.2) is 9.69 Å². The molecule has 0 radical (unpaired) electrons. The minimum Gasteiger partial charge on any atom is -0.466 e. The summed E-state index contributed by atoms with van der Waals surface area (Å²) in [5.74, 6) is -0.882. The number of anilines is 1. The second-order valence-corrected chi connectivity index (χ2v) is 6.36. The maximum absolute atomic E-state index is 12.8. The van der Waals surface area contributed by atoms with Gasteiger partial charge in [-0.1, -0.05) is 18.2 Å². The zero-order chi connectivity index (χ0) is 17.2. The molecule has 3 amide bonds. The number of ether oxygens (including phenoxy) is 1. The zero-order valence-electron chi connectivity index (χ0n) is 13.9. The van der Waals surface area contributed by atoms with E-state index in [0.717, 1.165) is 4.90 Å². The lowest BCUT2D eigenvalue weighted by atomic mass is 10.0. The number of imide groups is 1. The molecule has 0 aromatic heterocycles. The van der Waals surface area contributed by atoms with E-state index in [0.29, 0.717) is 5.69 Å². The van der Waals surface area contributed by atoms with Crippen LogP contribution in [0.5, 0.6) is 0 Å². The quantitative estimate of drug-likeness (QED) is 0.632. The summed E-state index contributed by atoms with van der Waals surface area (Å²) in [7, 11) is 0. The first-order valence-corrected chi connectivity index (χ1v) is 7.65. The maximum atomic E-state index is 12.8. The van der Waals surface area contributed by atoms with E-state index in [1.165, 1.54) is 4.90 Å². The highest BCUT2D eigenvalue weighted by molar-refractivity contribution is 6.22. The molecule has 1 fully saturated rings. The van der Waals surface area contributed by atoms with Crippen LogP contribution in [0.1, 0.15) is 34.1 Å². The summed E-state index contributed by atoms with van der Waals surface area (Å²) in [4.78, 5) is 40.0. The van der Waals surface area contributed by atoms with Crippen molar-refractivity contribution in [3.8, 4) is 0 Å². The Labute approximate surface area is 136 Å². The lowest BCUT2D eigenvalue weighted by molar-refractivity contribution is -0.146. The Hall–Kier alpha value is -2.37. The summed E-state index contributed by atoms with van der Waals surface area (Å²) in [6.07, 6.45) is -0.140. The molecule has 1 aromatic rings.